The average Bonchev–Trinajstić information content (AvgIpc) is 2.72. The zero-order chi connectivity index (χ0) is 22.2. The van der Waals surface area contributed by atoms with Gasteiger partial charge in [0.15, 0.2) is 0 Å². The lowest BCUT2D eigenvalue weighted by molar-refractivity contribution is -0.116. The first-order valence-electron chi connectivity index (χ1n) is 11.9. The van der Waals surface area contributed by atoms with Crippen molar-refractivity contribution in [1.29, 1.82) is 0 Å². The van der Waals surface area contributed by atoms with Crippen LogP contribution >= 0.6 is 0 Å². The zero-order valence-corrected chi connectivity index (χ0v) is 19.7. The summed E-state index contributed by atoms with van der Waals surface area (Å²) in [7, 11) is 0. The fraction of sp³-hybridized carbons (Fsp3) is 0.593. The van der Waals surface area contributed by atoms with Gasteiger partial charge < -0.3 is 10.4 Å². The van der Waals surface area contributed by atoms with Crippen LogP contribution in [0.1, 0.15) is 101 Å². The fourth-order valence-electron chi connectivity index (χ4n) is 3.55. The molecule has 2 N–H and O–H groups in total. The number of phenols is 1. The Morgan fingerprint density at radius 2 is 1.47 bits per heavy atom. The molecule has 1 aromatic rings. The van der Waals surface area contributed by atoms with Gasteiger partial charge in [-0.3, -0.25) is 4.79 Å². The summed E-state index contributed by atoms with van der Waals surface area (Å²) in [6, 6.07) is 1.72. The Morgan fingerprint density at radius 3 is 2.13 bits per heavy atom. The summed E-state index contributed by atoms with van der Waals surface area (Å²) in [5.41, 5.74) is 3.52. The number of rotatable bonds is 15. The molecule has 1 amide bonds. The van der Waals surface area contributed by atoms with E-state index in [9.17, 15) is 9.90 Å². The van der Waals surface area contributed by atoms with Crippen molar-refractivity contribution in [3.63, 3.8) is 0 Å². The third-order valence-corrected chi connectivity index (χ3v) is 5.69. The second kappa shape index (κ2) is 15.8. The third kappa shape index (κ3) is 10.7. The quantitative estimate of drug-likeness (QED) is 0.173. The second-order valence-corrected chi connectivity index (χ2v) is 8.37. The third-order valence-electron chi connectivity index (χ3n) is 5.69. The van der Waals surface area contributed by atoms with Crippen molar-refractivity contribution >= 4 is 11.6 Å². The molecule has 0 radical (unpaired) electrons. The van der Waals surface area contributed by atoms with Gasteiger partial charge in [0.2, 0.25) is 5.91 Å². The van der Waals surface area contributed by atoms with Crippen LogP contribution in [0.15, 0.2) is 30.4 Å². The van der Waals surface area contributed by atoms with Crippen molar-refractivity contribution < 1.29 is 9.90 Å². The number of benzene rings is 1. The van der Waals surface area contributed by atoms with E-state index in [1.807, 2.05) is 20.8 Å². The lowest BCUT2D eigenvalue weighted by Crippen LogP contribution is -2.13. The predicted octanol–water partition coefficient (Wildman–Crippen LogP) is 8.07. The van der Waals surface area contributed by atoms with Gasteiger partial charge >= 0.3 is 0 Å². The molecule has 0 atom stereocenters. The van der Waals surface area contributed by atoms with E-state index in [1.54, 1.807) is 6.07 Å². The number of allylic oxidation sites excluding steroid dienone is 4. The molecular formula is C27H43NO2. The maximum atomic E-state index is 12.3. The minimum Gasteiger partial charge on any atom is -0.508 e. The largest absolute Gasteiger partial charge is 0.508 e. The number of carbonyl (C=O) groups excluding carboxylic acids is 1. The Labute approximate surface area is 184 Å². The first-order chi connectivity index (χ1) is 14.5. The molecule has 0 heterocycles. The molecule has 0 fully saturated rings. The van der Waals surface area contributed by atoms with Gasteiger partial charge in [0.25, 0.3) is 0 Å². The van der Waals surface area contributed by atoms with E-state index in [0.717, 1.165) is 48.1 Å². The van der Waals surface area contributed by atoms with Crippen LogP contribution in [0.4, 0.5) is 5.69 Å². The maximum absolute atomic E-state index is 12.3. The number of aromatic hydroxyl groups is 1. The van der Waals surface area contributed by atoms with Gasteiger partial charge in [-0.2, -0.15) is 0 Å². The monoisotopic (exact) mass is 413 g/mol. The van der Waals surface area contributed by atoms with Crippen LogP contribution in [0.3, 0.4) is 0 Å². The number of phenolic OH excluding ortho intramolecular Hbond substituents is 1. The van der Waals surface area contributed by atoms with Crippen LogP contribution in [-0.4, -0.2) is 11.0 Å². The van der Waals surface area contributed by atoms with Gasteiger partial charge in [-0.05, 0) is 82.1 Å². The number of nitrogens with one attached hydrogen (secondary N) is 1. The van der Waals surface area contributed by atoms with Crippen molar-refractivity contribution in [2.45, 2.75) is 105 Å². The fourth-order valence-corrected chi connectivity index (χ4v) is 3.55. The van der Waals surface area contributed by atoms with Crippen molar-refractivity contribution in [1.82, 2.24) is 0 Å². The average molecular weight is 414 g/mol. The summed E-state index contributed by atoms with van der Waals surface area (Å²) < 4.78 is 0. The molecule has 0 saturated carbocycles. The summed E-state index contributed by atoms with van der Waals surface area (Å²) in [4.78, 5) is 12.3. The number of anilines is 1. The van der Waals surface area contributed by atoms with E-state index in [0.29, 0.717) is 6.42 Å². The molecule has 30 heavy (non-hydrogen) atoms. The summed E-state index contributed by atoms with van der Waals surface area (Å²) in [6.07, 6.45) is 22.8. The van der Waals surface area contributed by atoms with E-state index < -0.39 is 0 Å². The summed E-state index contributed by atoms with van der Waals surface area (Å²) in [5, 5.41) is 12.9. The molecule has 0 unspecified atom stereocenters. The maximum Gasteiger partial charge on any atom is 0.224 e. The Kier molecular flexibility index (Phi) is 13.7. The minimum absolute atomic E-state index is 0.0666. The number of unbranched alkanes of at least 4 members (excludes halogenated alkanes) is 8. The van der Waals surface area contributed by atoms with Crippen molar-refractivity contribution in [2.75, 3.05) is 5.32 Å². The highest BCUT2D eigenvalue weighted by molar-refractivity contribution is 5.92. The van der Waals surface area contributed by atoms with Gasteiger partial charge in [-0.15, -0.1) is 0 Å². The van der Waals surface area contributed by atoms with E-state index in [-0.39, 0.29) is 11.7 Å². The topological polar surface area (TPSA) is 49.3 Å². The molecule has 0 bridgehead atoms. The van der Waals surface area contributed by atoms with Crippen molar-refractivity contribution in [3.8, 4) is 5.75 Å². The predicted molar refractivity (Wildman–Crippen MR) is 130 cm³/mol. The van der Waals surface area contributed by atoms with Crippen LogP contribution in [0, 0.1) is 20.8 Å². The standard InChI is InChI=1S/C27H43NO2/c1-5-6-7-8-9-10-11-12-13-14-15-16-17-18-19-20-26(30)28-27-22(2)21-25(29)23(3)24(27)4/h9-10,12-13,21,29H,5-8,11,14-20H2,1-4H3,(H,28,30). The van der Waals surface area contributed by atoms with Crippen LogP contribution < -0.4 is 5.32 Å². The van der Waals surface area contributed by atoms with E-state index >= 15 is 0 Å². The molecule has 3 nitrogen and oxygen atoms in total. The van der Waals surface area contributed by atoms with Gasteiger partial charge in [0.05, 0.1) is 0 Å². The van der Waals surface area contributed by atoms with Crippen LogP contribution in [0.5, 0.6) is 5.75 Å². The highest BCUT2D eigenvalue weighted by atomic mass is 16.3. The molecule has 0 saturated heterocycles. The molecule has 1 rings (SSSR count). The van der Waals surface area contributed by atoms with Gasteiger partial charge in [-0.25, -0.2) is 0 Å². The van der Waals surface area contributed by atoms with Crippen LogP contribution in [0.2, 0.25) is 0 Å². The lowest BCUT2D eigenvalue weighted by Gasteiger charge is -2.15. The van der Waals surface area contributed by atoms with E-state index in [4.69, 9.17) is 0 Å². The molecule has 0 aliphatic heterocycles. The smallest absolute Gasteiger partial charge is 0.224 e. The molecule has 0 spiro atoms. The number of carbonyl (C=O) groups is 1. The molecule has 0 aliphatic carbocycles. The molecule has 0 aliphatic rings. The molecule has 1 aromatic carbocycles. The van der Waals surface area contributed by atoms with Crippen LogP contribution in [0.25, 0.3) is 0 Å². The minimum atomic E-state index is 0.0666. The van der Waals surface area contributed by atoms with Crippen molar-refractivity contribution in [3.05, 3.63) is 47.1 Å². The highest BCUT2D eigenvalue weighted by Gasteiger charge is 2.12. The van der Waals surface area contributed by atoms with Crippen LogP contribution in [-0.2, 0) is 4.79 Å². The first kappa shape index (κ1) is 26.0. The Balaban J connectivity index is 2.07. The van der Waals surface area contributed by atoms with E-state index in [1.165, 1.54) is 44.9 Å². The number of hydrogen-bond acceptors (Lipinski definition) is 2. The summed E-state index contributed by atoms with van der Waals surface area (Å²) in [5.74, 6) is 0.355. The summed E-state index contributed by atoms with van der Waals surface area (Å²) >= 11 is 0. The number of aryl methyl sites for hydroxylation is 1. The lowest BCUT2D eigenvalue weighted by atomic mass is 10.0. The van der Waals surface area contributed by atoms with Gasteiger partial charge in [0, 0.05) is 12.1 Å². The second-order valence-electron chi connectivity index (χ2n) is 8.37. The summed E-state index contributed by atoms with van der Waals surface area (Å²) in [6.45, 7) is 7.97. The Morgan fingerprint density at radius 1 is 0.867 bits per heavy atom. The molecule has 0 aromatic heterocycles. The van der Waals surface area contributed by atoms with Gasteiger partial charge in [0.1, 0.15) is 5.75 Å². The van der Waals surface area contributed by atoms with Crippen molar-refractivity contribution in [2.24, 2.45) is 0 Å². The Hall–Kier alpha value is -2.03. The molecule has 168 valence electrons. The first-order valence-corrected chi connectivity index (χ1v) is 11.9. The van der Waals surface area contributed by atoms with Gasteiger partial charge in [-0.1, -0.05) is 63.3 Å². The molecule has 3 heteroatoms. The number of amides is 1. The molecular weight excluding hydrogens is 370 g/mol. The normalized spacial score (nSPS) is 11.6. The Bertz CT molecular complexity index is 689. The van der Waals surface area contributed by atoms with E-state index in [2.05, 4.69) is 36.5 Å². The highest BCUT2D eigenvalue weighted by Crippen LogP contribution is 2.30. The SMILES string of the molecule is CCCCCC=CCC=CCCCCCCCC(=O)Nc1c(C)cc(O)c(C)c1C. The number of hydrogen-bond donors (Lipinski definition) is 2. The zero-order valence-electron chi connectivity index (χ0n) is 19.7.